The van der Waals surface area contributed by atoms with Crippen molar-refractivity contribution < 1.29 is 9.72 Å². The molecule has 1 aliphatic carbocycles. The molecule has 0 atom stereocenters. The lowest BCUT2D eigenvalue weighted by Crippen LogP contribution is -2.34. The highest BCUT2D eigenvalue weighted by molar-refractivity contribution is 9.10. The summed E-state index contributed by atoms with van der Waals surface area (Å²) in [6, 6.07) is 6.29. The number of hydrogen-bond acceptors (Lipinski definition) is 4. The predicted octanol–water partition coefficient (Wildman–Crippen LogP) is 2.88. The Kier molecular flexibility index (Phi) is 4.35. The van der Waals surface area contributed by atoms with Crippen molar-refractivity contribution in [2.24, 2.45) is 0 Å². The fourth-order valence-electron chi connectivity index (χ4n) is 1.95. The largest absolute Gasteiger partial charge is 0.335 e. The molecule has 0 saturated heterocycles. The minimum atomic E-state index is -0.528. The van der Waals surface area contributed by atoms with E-state index in [1.165, 1.54) is 18.2 Å². The van der Waals surface area contributed by atoms with Crippen LogP contribution in [0.5, 0.6) is 0 Å². The molecule has 2 rings (SSSR count). The van der Waals surface area contributed by atoms with Gasteiger partial charge in [-0.1, -0.05) is 0 Å². The van der Waals surface area contributed by atoms with Crippen LogP contribution in [-0.2, 0) is 0 Å². The summed E-state index contributed by atoms with van der Waals surface area (Å²) in [7, 11) is 0. The van der Waals surface area contributed by atoms with Crippen LogP contribution in [0.4, 0.5) is 5.69 Å². The molecular formula is C13H12BrN3O3. The van der Waals surface area contributed by atoms with Gasteiger partial charge in [0.2, 0.25) is 0 Å². The van der Waals surface area contributed by atoms with Gasteiger partial charge in [-0.05, 0) is 34.8 Å². The summed E-state index contributed by atoms with van der Waals surface area (Å²) in [5.74, 6) is -0.265. The first kappa shape index (κ1) is 14.5. The van der Waals surface area contributed by atoms with Crippen LogP contribution in [0.15, 0.2) is 22.7 Å². The van der Waals surface area contributed by atoms with Gasteiger partial charge in [-0.15, -0.1) is 0 Å². The highest BCUT2D eigenvalue weighted by atomic mass is 79.9. The van der Waals surface area contributed by atoms with Gasteiger partial charge < -0.3 is 4.90 Å². The van der Waals surface area contributed by atoms with Crippen LogP contribution in [0.2, 0.25) is 0 Å². The molecule has 1 amide bonds. The number of benzene rings is 1. The van der Waals surface area contributed by atoms with Gasteiger partial charge in [0.15, 0.2) is 0 Å². The van der Waals surface area contributed by atoms with Gasteiger partial charge in [0.05, 0.1) is 23.0 Å². The van der Waals surface area contributed by atoms with Crippen LogP contribution in [0.25, 0.3) is 0 Å². The third-order valence-electron chi connectivity index (χ3n) is 3.10. The standard InChI is InChI=1S/C13H12BrN3O3/c14-12-5-4-10(17(19)20)8-11(12)13(18)16(7-1-6-15)9-2-3-9/h4-5,8-9H,1-3,7H2. The van der Waals surface area contributed by atoms with E-state index in [0.29, 0.717) is 11.0 Å². The second kappa shape index (κ2) is 6.01. The second-order valence-electron chi connectivity index (χ2n) is 4.56. The number of carbonyl (C=O) groups excluding carboxylic acids is 1. The fourth-order valence-corrected chi connectivity index (χ4v) is 2.37. The van der Waals surface area contributed by atoms with E-state index in [1.807, 2.05) is 6.07 Å². The lowest BCUT2D eigenvalue weighted by molar-refractivity contribution is -0.384. The summed E-state index contributed by atoms with van der Waals surface area (Å²) in [5.41, 5.74) is 0.150. The average molecular weight is 338 g/mol. The summed E-state index contributed by atoms with van der Waals surface area (Å²) in [5, 5.41) is 19.5. The van der Waals surface area contributed by atoms with Crippen LogP contribution >= 0.6 is 15.9 Å². The maximum atomic E-state index is 12.5. The number of nitro benzene ring substituents is 1. The Morgan fingerprint density at radius 1 is 1.55 bits per heavy atom. The van der Waals surface area contributed by atoms with E-state index >= 15 is 0 Å². The van der Waals surface area contributed by atoms with Crippen LogP contribution in [0.3, 0.4) is 0 Å². The quantitative estimate of drug-likeness (QED) is 0.610. The summed E-state index contributed by atoms with van der Waals surface area (Å²) < 4.78 is 0.524. The summed E-state index contributed by atoms with van der Waals surface area (Å²) in [6.07, 6.45) is 2.10. The first-order chi connectivity index (χ1) is 9.54. The number of nitro groups is 1. The van der Waals surface area contributed by atoms with E-state index in [2.05, 4.69) is 15.9 Å². The molecule has 6 nitrogen and oxygen atoms in total. The van der Waals surface area contributed by atoms with Crippen molar-refractivity contribution in [3.05, 3.63) is 38.3 Å². The van der Waals surface area contributed by atoms with Crippen molar-refractivity contribution in [3.63, 3.8) is 0 Å². The minimum Gasteiger partial charge on any atom is -0.335 e. The zero-order valence-electron chi connectivity index (χ0n) is 10.6. The van der Waals surface area contributed by atoms with Gasteiger partial charge in [-0.25, -0.2) is 0 Å². The van der Waals surface area contributed by atoms with E-state index in [9.17, 15) is 14.9 Å². The van der Waals surface area contributed by atoms with Crippen LogP contribution in [0, 0.1) is 21.4 Å². The number of halogens is 1. The SMILES string of the molecule is N#CCCN(C(=O)c1cc([N+](=O)[O-])ccc1Br)C1CC1. The molecule has 0 aromatic heterocycles. The maximum absolute atomic E-state index is 12.5. The Bertz CT molecular complexity index is 593. The number of amides is 1. The topological polar surface area (TPSA) is 87.2 Å². The zero-order chi connectivity index (χ0) is 14.7. The van der Waals surface area contributed by atoms with Crippen LogP contribution in [0.1, 0.15) is 29.6 Å². The fraction of sp³-hybridized carbons (Fsp3) is 0.385. The van der Waals surface area contributed by atoms with Crippen molar-refractivity contribution >= 4 is 27.5 Å². The lowest BCUT2D eigenvalue weighted by Gasteiger charge is -2.21. The smallest absolute Gasteiger partial charge is 0.270 e. The minimum absolute atomic E-state index is 0.118. The van der Waals surface area contributed by atoms with E-state index in [4.69, 9.17) is 5.26 Å². The molecule has 0 unspecified atom stereocenters. The molecule has 1 aliphatic rings. The third-order valence-corrected chi connectivity index (χ3v) is 3.80. The summed E-state index contributed by atoms with van der Waals surface area (Å²) in [6.45, 7) is 0.356. The molecule has 0 bridgehead atoms. The Morgan fingerprint density at radius 2 is 2.25 bits per heavy atom. The Hall–Kier alpha value is -1.94. The second-order valence-corrected chi connectivity index (χ2v) is 5.41. The molecule has 0 spiro atoms. The highest BCUT2D eigenvalue weighted by Gasteiger charge is 2.33. The van der Waals surface area contributed by atoms with E-state index in [1.54, 1.807) is 4.90 Å². The van der Waals surface area contributed by atoms with Crippen LogP contribution in [-0.4, -0.2) is 28.3 Å². The number of carbonyl (C=O) groups is 1. The molecule has 0 heterocycles. The number of hydrogen-bond donors (Lipinski definition) is 0. The average Bonchev–Trinajstić information content (AvgIpc) is 3.23. The summed E-state index contributed by atoms with van der Waals surface area (Å²) in [4.78, 5) is 24.4. The Morgan fingerprint density at radius 3 is 2.80 bits per heavy atom. The zero-order valence-corrected chi connectivity index (χ0v) is 12.2. The predicted molar refractivity (Wildman–Crippen MR) is 75.1 cm³/mol. The molecule has 1 aromatic carbocycles. The molecule has 1 saturated carbocycles. The Balaban J connectivity index is 2.28. The van der Waals surface area contributed by atoms with Crippen molar-refractivity contribution in [3.8, 4) is 6.07 Å². The number of nitrogens with zero attached hydrogens (tertiary/aromatic N) is 3. The van der Waals surface area contributed by atoms with Crippen molar-refractivity contribution in [2.75, 3.05) is 6.54 Å². The third kappa shape index (κ3) is 3.14. The van der Waals surface area contributed by atoms with Crippen molar-refractivity contribution in [1.82, 2.24) is 4.90 Å². The molecule has 0 aliphatic heterocycles. The highest BCUT2D eigenvalue weighted by Crippen LogP contribution is 2.31. The molecule has 104 valence electrons. The van der Waals surface area contributed by atoms with Gasteiger partial charge in [0, 0.05) is 29.2 Å². The Labute approximate surface area is 124 Å². The van der Waals surface area contributed by atoms with Gasteiger partial charge >= 0.3 is 0 Å². The molecule has 1 fully saturated rings. The molecule has 0 N–H and O–H groups in total. The molecular weight excluding hydrogens is 326 g/mol. The van der Waals surface area contributed by atoms with Crippen LogP contribution < -0.4 is 0 Å². The number of non-ortho nitro benzene ring substituents is 1. The number of rotatable bonds is 5. The van der Waals surface area contributed by atoms with E-state index in [0.717, 1.165) is 12.8 Å². The van der Waals surface area contributed by atoms with Crippen molar-refractivity contribution in [1.29, 1.82) is 5.26 Å². The molecule has 0 radical (unpaired) electrons. The van der Waals surface area contributed by atoms with Gasteiger partial charge in [0.1, 0.15) is 0 Å². The molecule has 1 aromatic rings. The van der Waals surface area contributed by atoms with Crippen molar-refractivity contribution in [2.45, 2.75) is 25.3 Å². The van der Waals surface area contributed by atoms with Gasteiger partial charge in [-0.3, -0.25) is 14.9 Å². The number of nitriles is 1. The first-order valence-electron chi connectivity index (χ1n) is 6.16. The lowest BCUT2D eigenvalue weighted by atomic mass is 10.1. The summed E-state index contributed by atoms with van der Waals surface area (Å²) >= 11 is 3.25. The van der Waals surface area contributed by atoms with Gasteiger partial charge in [-0.2, -0.15) is 5.26 Å². The molecule has 7 heteroatoms. The maximum Gasteiger partial charge on any atom is 0.270 e. The van der Waals surface area contributed by atoms with E-state index in [-0.39, 0.29) is 29.6 Å². The monoisotopic (exact) mass is 337 g/mol. The van der Waals surface area contributed by atoms with Gasteiger partial charge in [0.25, 0.3) is 11.6 Å². The first-order valence-corrected chi connectivity index (χ1v) is 6.95. The van der Waals surface area contributed by atoms with E-state index < -0.39 is 4.92 Å². The molecule has 20 heavy (non-hydrogen) atoms. The normalized spacial score (nSPS) is 13.6.